The molecule has 21 heteroatoms. The van der Waals surface area contributed by atoms with Crippen molar-refractivity contribution in [2.75, 3.05) is 41.5 Å². The first-order valence-electron chi connectivity index (χ1n) is 24.1. The van der Waals surface area contributed by atoms with Crippen LogP contribution in [0.15, 0.2) is 63.9 Å². The summed E-state index contributed by atoms with van der Waals surface area (Å²) in [6.07, 6.45) is 3.69. The molecule has 2 saturated heterocycles. The molecule has 1 aromatic rings. The van der Waals surface area contributed by atoms with Gasteiger partial charge in [0.1, 0.15) is 30.3 Å². The minimum atomic E-state index is -5.16. The van der Waals surface area contributed by atoms with Crippen LogP contribution in [-0.4, -0.2) is 165 Å². The Morgan fingerprint density at radius 2 is 1.72 bits per heavy atom. The molecule has 2 aliphatic rings. The van der Waals surface area contributed by atoms with Crippen molar-refractivity contribution < 1.29 is 77.4 Å². The number of rotatable bonds is 27. The van der Waals surface area contributed by atoms with Gasteiger partial charge in [-0.15, -0.1) is 0 Å². The van der Waals surface area contributed by atoms with Gasteiger partial charge in [0.2, 0.25) is 5.91 Å². The highest BCUT2D eigenvalue weighted by Gasteiger charge is 2.68. The average Bonchev–Trinajstić information content (AvgIpc) is 3.83. The van der Waals surface area contributed by atoms with Crippen molar-refractivity contribution in [1.82, 2.24) is 15.2 Å². The molecule has 1 spiro atoms. The summed E-state index contributed by atoms with van der Waals surface area (Å²) in [6, 6.07) is -0.597. The Morgan fingerprint density at radius 3 is 2.31 bits per heavy atom. The lowest BCUT2D eigenvalue weighted by Crippen LogP contribution is -2.58. The van der Waals surface area contributed by atoms with E-state index in [4.69, 9.17) is 33.6 Å². The second kappa shape index (κ2) is 27.2. The number of hydrogen-bond donors (Lipinski definition) is 9. The fraction of sp³-hybridized carbons (Fsp3) is 0.700. The highest BCUT2D eigenvalue weighted by atomic mass is 31.2. The van der Waals surface area contributed by atoms with Crippen molar-refractivity contribution >= 4 is 25.7 Å². The number of allylic oxidation sites excluding steroid dienone is 6. The molecule has 3 heterocycles. The fourth-order valence-corrected chi connectivity index (χ4v) is 9.77. The molecule has 0 aliphatic carbocycles. The highest BCUT2D eigenvalue weighted by molar-refractivity contribution is 7.46. The summed E-state index contributed by atoms with van der Waals surface area (Å²) in [5.41, 5.74) is 6.90. The normalized spacial score (nSPS) is 27.5. The molecule has 2 fully saturated rings. The molecule has 3 rings (SSSR count). The largest absolute Gasteiger partial charge is 0.469 e. The van der Waals surface area contributed by atoms with E-state index in [1.807, 2.05) is 46.8 Å². The maximum absolute atomic E-state index is 12.6. The van der Waals surface area contributed by atoms with E-state index in [2.05, 4.69) is 10.3 Å². The van der Waals surface area contributed by atoms with Gasteiger partial charge < -0.3 is 74.6 Å². The molecule has 0 radical (unpaired) electrons. The van der Waals surface area contributed by atoms with Gasteiger partial charge in [-0.25, -0.2) is 9.55 Å². The molecule has 0 saturated carbocycles. The monoisotopic (exact) mass is 1030 g/mol. The highest BCUT2D eigenvalue weighted by Crippen LogP contribution is 2.59. The molecular weight excluding hydrogens is 944 g/mol. The molecule has 0 bridgehead atoms. The van der Waals surface area contributed by atoms with Crippen LogP contribution in [0.25, 0.3) is 6.08 Å². The van der Waals surface area contributed by atoms with Crippen LogP contribution in [0.2, 0.25) is 0 Å². The number of likely N-dealkylation sites (N-methyl/N-ethyl adjacent to an activating group) is 1. The van der Waals surface area contributed by atoms with Crippen LogP contribution in [0, 0.1) is 23.2 Å². The van der Waals surface area contributed by atoms with Gasteiger partial charge in [-0.3, -0.25) is 14.1 Å². The third kappa shape index (κ3) is 17.0. The number of aliphatic hydroxyl groups excluding tert-OH is 5. The quantitative estimate of drug-likeness (QED) is 0.0345. The molecule has 20 nitrogen and oxygen atoms in total. The van der Waals surface area contributed by atoms with E-state index in [9.17, 15) is 49.5 Å². The summed E-state index contributed by atoms with van der Waals surface area (Å²) >= 11 is 0. The van der Waals surface area contributed by atoms with Crippen molar-refractivity contribution in [3.63, 3.8) is 0 Å². The number of aliphatic hydroxyl groups is 5. The Hall–Kier alpha value is -3.44. The molecule has 71 heavy (non-hydrogen) atoms. The predicted octanol–water partition coefficient (Wildman–Crippen LogP) is 3.65. The Labute approximate surface area is 419 Å². The van der Waals surface area contributed by atoms with E-state index in [1.165, 1.54) is 26.6 Å². The Morgan fingerprint density at radius 1 is 1.06 bits per heavy atom. The second-order valence-corrected chi connectivity index (χ2v) is 21.3. The van der Waals surface area contributed by atoms with E-state index in [-0.39, 0.29) is 38.3 Å². The van der Waals surface area contributed by atoms with Crippen molar-refractivity contribution in [2.24, 2.45) is 28.9 Å². The smallest absolute Gasteiger partial charge is 0.448 e. The van der Waals surface area contributed by atoms with Crippen LogP contribution in [0.1, 0.15) is 105 Å². The van der Waals surface area contributed by atoms with E-state index in [0.717, 1.165) is 11.1 Å². The molecule has 1 aromatic heterocycles. The molecule has 2 aliphatic heterocycles. The van der Waals surface area contributed by atoms with Gasteiger partial charge in [0, 0.05) is 68.8 Å². The lowest BCUT2D eigenvalue weighted by Gasteiger charge is -2.50. The number of oxazole rings is 1. The zero-order valence-corrected chi connectivity index (χ0v) is 44.6. The van der Waals surface area contributed by atoms with E-state index in [1.54, 1.807) is 71.0 Å². The third-order valence-corrected chi connectivity index (χ3v) is 14.6. The number of nitrogens with one attached hydrogen (secondary N) is 1. The number of phosphoric ester groups is 1. The van der Waals surface area contributed by atoms with E-state index < -0.39 is 110 Å². The van der Waals surface area contributed by atoms with Gasteiger partial charge in [0.25, 0.3) is 5.91 Å². The minimum absolute atomic E-state index is 0.0709. The Bertz CT molecular complexity index is 2080. The van der Waals surface area contributed by atoms with Crippen molar-refractivity contribution in [2.45, 2.75) is 161 Å². The number of amides is 2. The van der Waals surface area contributed by atoms with Crippen molar-refractivity contribution in [3.05, 3.63) is 71.0 Å². The maximum atomic E-state index is 12.6. The van der Waals surface area contributed by atoms with Crippen LogP contribution in [0.5, 0.6) is 0 Å². The summed E-state index contributed by atoms with van der Waals surface area (Å²) in [5.74, 6) is -4.23. The predicted molar refractivity (Wildman–Crippen MR) is 266 cm³/mol. The van der Waals surface area contributed by atoms with Crippen LogP contribution >= 0.6 is 7.82 Å². The summed E-state index contributed by atoms with van der Waals surface area (Å²) < 4.78 is 48.2. The summed E-state index contributed by atoms with van der Waals surface area (Å²) in [5, 5.41) is 58.3. The standard InChI is InChI=1S/C50H83N4O16P/c1-28(22-41(51)57)16-14-17-29(2)31(4)23-32(5)42(58)34(7)37(55)24-40(66-13)45-46(70-71(62,63)64)49(8,9)50(69-45)25-38(56)33(6)39(68-50)19-15-18-35-26-67-48(53-35)30(3)20-21-52-47(61)44(60)43(59)36(27-65-12)54(10)11/h14-18,22-23,26,30,32-34,36-40,42-46,55-56,58-60H,19-21,24-25,27H2,1-13H3,(H2,51,57)(H,52,61)(H2,62,63,64)/b16-14+,18-15+,28-22-,29-17+,31-23+/t30-,32+,33-,34-,36-,37-,38+,39-,40-,42+,43-,44-,45+,46-,50+/m0/s1. The number of nitrogens with two attached hydrogens (primary N) is 1. The van der Waals surface area contributed by atoms with Crippen LogP contribution < -0.4 is 11.1 Å². The van der Waals surface area contributed by atoms with E-state index in [0.29, 0.717) is 23.6 Å². The summed E-state index contributed by atoms with van der Waals surface area (Å²) in [6.45, 7) is 16.4. The molecular formula is C50H83N4O16P. The first-order valence-corrected chi connectivity index (χ1v) is 25.6. The van der Waals surface area contributed by atoms with E-state index >= 15 is 0 Å². The van der Waals surface area contributed by atoms with Crippen LogP contribution in [-0.2, 0) is 37.6 Å². The van der Waals surface area contributed by atoms with Crippen LogP contribution in [0.4, 0.5) is 0 Å². The van der Waals surface area contributed by atoms with Crippen LogP contribution in [0.3, 0.4) is 0 Å². The number of aromatic nitrogens is 1. The number of phosphoric acid groups is 1. The number of nitrogens with zero attached hydrogens (tertiary/aromatic N) is 2. The van der Waals surface area contributed by atoms with Gasteiger partial charge in [-0.2, -0.15) is 0 Å². The van der Waals surface area contributed by atoms with Gasteiger partial charge in [0.05, 0.1) is 43.2 Å². The zero-order chi connectivity index (χ0) is 53.8. The Kier molecular flexibility index (Phi) is 23.7. The molecule has 2 amide bonds. The van der Waals surface area contributed by atoms with Gasteiger partial charge >= 0.3 is 7.82 Å². The Balaban J connectivity index is 1.74. The number of hydrogen-bond acceptors (Lipinski definition) is 16. The first kappa shape index (κ1) is 61.9. The molecule has 10 N–H and O–H groups in total. The fourth-order valence-electron chi connectivity index (χ4n) is 9.09. The SMILES string of the molecule is COC[C@@H]([C@H](O)[C@H](O)C(=O)NCC[C@H](C)c1nc(/C=C/C[C@@H]2O[C@]3(C[C@@H](O)[C@@H]2C)O[C@H]([C@H](C[C@H](O)[C@H](C)[C@H](O)[C@H](C)/C=C(C)/C(C)=C/C=C/C(C)=C\C(N)=O)OC)[C@H](OP(=O)(O)O)C3(C)C)co1)N(C)C. The lowest BCUT2D eigenvalue weighted by molar-refractivity contribution is -0.334. The zero-order valence-electron chi connectivity index (χ0n) is 43.7. The molecule has 15 atom stereocenters. The van der Waals surface area contributed by atoms with Gasteiger partial charge in [-0.1, -0.05) is 77.5 Å². The second-order valence-electron chi connectivity index (χ2n) is 20.1. The number of ether oxygens (including phenoxy) is 4. The van der Waals surface area contributed by atoms with Gasteiger partial charge in [0.15, 0.2) is 17.8 Å². The number of carbonyl (C=O) groups is 2. The topological polar surface area (TPSA) is 306 Å². The molecule has 404 valence electrons. The number of methoxy groups -OCH3 is 2. The molecule has 0 unspecified atom stereocenters. The lowest BCUT2D eigenvalue weighted by atomic mass is 9.72. The summed E-state index contributed by atoms with van der Waals surface area (Å²) in [7, 11) is 1.10. The number of carbonyl (C=O) groups excluding carboxylic acids is 2. The third-order valence-electron chi connectivity index (χ3n) is 14.1. The van der Waals surface area contributed by atoms with Crippen molar-refractivity contribution in [3.8, 4) is 0 Å². The maximum Gasteiger partial charge on any atom is 0.469 e. The van der Waals surface area contributed by atoms with Crippen molar-refractivity contribution in [1.29, 1.82) is 0 Å². The summed E-state index contributed by atoms with van der Waals surface area (Å²) in [4.78, 5) is 50.4. The first-order chi connectivity index (χ1) is 33.0. The minimum Gasteiger partial charge on any atom is -0.448 e. The van der Waals surface area contributed by atoms with Gasteiger partial charge in [-0.05, 0) is 64.9 Å². The average molecular weight is 1030 g/mol. The number of primary amides is 1. The molecule has 0 aromatic carbocycles.